The van der Waals surface area contributed by atoms with Crippen molar-refractivity contribution in [1.82, 2.24) is 5.32 Å². The first-order chi connectivity index (χ1) is 9.75. The minimum Gasteiger partial charge on any atom is -0.393 e. The van der Waals surface area contributed by atoms with Crippen LogP contribution in [-0.4, -0.2) is 23.8 Å². The highest BCUT2D eigenvalue weighted by molar-refractivity contribution is 5.91. The lowest BCUT2D eigenvalue weighted by Crippen LogP contribution is -2.38. The molecule has 0 radical (unpaired) electrons. The SMILES string of the molecule is CCc1cccc(C)c1NC(=O)NCC(C)(C)CC(C)O. The van der Waals surface area contributed by atoms with Gasteiger partial charge in [0, 0.05) is 12.2 Å². The summed E-state index contributed by atoms with van der Waals surface area (Å²) in [6.45, 7) is 10.4. The zero-order chi connectivity index (χ0) is 16.0. The predicted molar refractivity (Wildman–Crippen MR) is 87.7 cm³/mol. The molecule has 0 bridgehead atoms. The maximum Gasteiger partial charge on any atom is 0.319 e. The summed E-state index contributed by atoms with van der Waals surface area (Å²) >= 11 is 0. The summed E-state index contributed by atoms with van der Waals surface area (Å²) in [5.41, 5.74) is 2.96. The summed E-state index contributed by atoms with van der Waals surface area (Å²) in [5.74, 6) is 0. The Morgan fingerprint density at radius 3 is 2.62 bits per heavy atom. The highest BCUT2D eigenvalue weighted by Gasteiger charge is 2.21. The molecule has 1 aromatic carbocycles. The molecule has 0 aliphatic heterocycles. The van der Waals surface area contributed by atoms with Gasteiger partial charge in [0.25, 0.3) is 0 Å². The van der Waals surface area contributed by atoms with Crippen LogP contribution in [0.2, 0.25) is 0 Å². The summed E-state index contributed by atoms with van der Waals surface area (Å²) < 4.78 is 0. The third kappa shape index (κ3) is 5.76. The maximum atomic E-state index is 12.1. The van der Waals surface area contributed by atoms with Gasteiger partial charge in [-0.25, -0.2) is 4.79 Å². The van der Waals surface area contributed by atoms with Crippen LogP contribution in [0.5, 0.6) is 0 Å². The van der Waals surface area contributed by atoms with Gasteiger partial charge in [-0.2, -0.15) is 0 Å². The van der Waals surface area contributed by atoms with Gasteiger partial charge in [0.1, 0.15) is 0 Å². The molecule has 1 rings (SSSR count). The van der Waals surface area contributed by atoms with E-state index in [4.69, 9.17) is 0 Å². The van der Waals surface area contributed by atoms with Crippen molar-refractivity contribution in [3.05, 3.63) is 29.3 Å². The monoisotopic (exact) mass is 292 g/mol. The largest absolute Gasteiger partial charge is 0.393 e. The molecule has 118 valence electrons. The number of para-hydroxylation sites is 1. The van der Waals surface area contributed by atoms with Crippen LogP contribution in [-0.2, 0) is 6.42 Å². The van der Waals surface area contributed by atoms with Crippen LogP contribution in [0.15, 0.2) is 18.2 Å². The zero-order valence-corrected chi connectivity index (χ0v) is 13.8. The van der Waals surface area contributed by atoms with E-state index in [0.717, 1.165) is 23.2 Å². The van der Waals surface area contributed by atoms with Crippen molar-refractivity contribution >= 4 is 11.7 Å². The summed E-state index contributed by atoms with van der Waals surface area (Å²) in [7, 11) is 0. The number of benzene rings is 1. The number of amides is 2. The topological polar surface area (TPSA) is 61.4 Å². The number of anilines is 1. The van der Waals surface area contributed by atoms with Gasteiger partial charge in [-0.3, -0.25) is 0 Å². The van der Waals surface area contributed by atoms with Crippen molar-refractivity contribution in [2.75, 3.05) is 11.9 Å². The third-order valence-electron chi connectivity index (χ3n) is 3.55. The average Bonchev–Trinajstić information content (AvgIpc) is 2.37. The van der Waals surface area contributed by atoms with Crippen molar-refractivity contribution in [3.63, 3.8) is 0 Å². The molecule has 0 aliphatic carbocycles. The smallest absolute Gasteiger partial charge is 0.319 e. The fourth-order valence-corrected chi connectivity index (χ4v) is 2.55. The van der Waals surface area contributed by atoms with Crippen molar-refractivity contribution in [3.8, 4) is 0 Å². The van der Waals surface area contributed by atoms with Gasteiger partial charge in [0.05, 0.1) is 6.10 Å². The second kappa shape index (κ2) is 7.46. The number of hydrogen-bond donors (Lipinski definition) is 3. The van der Waals surface area contributed by atoms with Crippen LogP contribution in [0.25, 0.3) is 0 Å². The van der Waals surface area contributed by atoms with E-state index < -0.39 is 0 Å². The number of aliphatic hydroxyl groups excluding tert-OH is 1. The lowest BCUT2D eigenvalue weighted by atomic mass is 9.87. The Bertz CT molecular complexity index is 482. The molecule has 0 heterocycles. The summed E-state index contributed by atoms with van der Waals surface area (Å²) in [6, 6.07) is 5.83. The normalized spacial score (nSPS) is 12.9. The van der Waals surface area contributed by atoms with Gasteiger partial charge in [0.15, 0.2) is 0 Å². The van der Waals surface area contributed by atoms with Crippen LogP contribution in [0.1, 0.15) is 45.2 Å². The van der Waals surface area contributed by atoms with E-state index in [1.54, 1.807) is 6.92 Å². The van der Waals surface area contributed by atoms with Gasteiger partial charge in [0.2, 0.25) is 0 Å². The average molecular weight is 292 g/mol. The number of hydrogen-bond acceptors (Lipinski definition) is 2. The molecule has 1 aromatic rings. The van der Waals surface area contributed by atoms with Crippen molar-refractivity contribution in [1.29, 1.82) is 0 Å². The highest BCUT2D eigenvalue weighted by atomic mass is 16.3. The highest BCUT2D eigenvalue weighted by Crippen LogP contribution is 2.22. The maximum absolute atomic E-state index is 12.1. The fraction of sp³-hybridized carbons (Fsp3) is 0.588. The van der Waals surface area contributed by atoms with Crippen LogP contribution in [0.3, 0.4) is 0 Å². The Kier molecular flexibility index (Phi) is 6.21. The molecule has 4 heteroatoms. The van der Waals surface area contributed by atoms with Crippen LogP contribution in [0, 0.1) is 12.3 Å². The van der Waals surface area contributed by atoms with E-state index in [-0.39, 0.29) is 17.6 Å². The molecule has 0 aliphatic rings. The van der Waals surface area contributed by atoms with Gasteiger partial charge in [-0.15, -0.1) is 0 Å². The number of aliphatic hydroxyl groups is 1. The molecular weight excluding hydrogens is 264 g/mol. The summed E-state index contributed by atoms with van der Waals surface area (Å²) in [4.78, 5) is 12.1. The summed E-state index contributed by atoms with van der Waals surface area (Å²) in [5, 5.41) is 15.3. The molecule has 0 spiro atoms. The van der Waals surface area contributed by atoms with Crippen LogP contribution in [0.4, 0.5) is 10.5 Å². The van der Waals surface area contributed by atoms with Crippen LogP contribution < -0.4 is 10.6 Å². The first kappa shape index (κ1) is 17.5. The number of aryl methyl sites for hydroxylation is 2. The molecule has 0 aromatic heterocycles. The molecule has 4 nitrogen and oxygen atoms in total. The lowest BCUT2D eigenvalue weighted by Gasteiger charge is -2.26. The second-order valence-corrected chi connectivity index (χ2v) is 6.49. The van der Waals surface area contributed by atoms with Crippen molar-refractivity contribution in [2.45, 2.75) is 53.6 Å². The molecule has 0 saturated carbocycles. The number of carbonyl (C=O) groups is 1. The van der Waals surface area contributed by atoms with Gasteiger partial charge in [-0.1, -0.05) is 39.0 Å². The molecular formula is C17H28N2O2. The first-order valence-electron chi connectivity index (χ1n) is 7.56. The molecule has 0 saturated heterocycles. The van der Waals surface area contributed by atoms with E-state index in [0.29, 0.717) is 13.0 Å². The van der Waals surface area contributed by atoms with Crippen LogP contribution >= 0.6 is 0 Å². The minimum absolute atomic E-state index is 0.134. The Morgan fingerprint density at radius 1 is 1.38 bits per heavy atom. The standard InChI is InChI=1S/C17H28N2O2/c1-6-14-9-7-8-12(2)15(14)19-16(21)18-11-17(4,5)10-13(3)20/h7-9,13,20H,6,10-11H2,1-5H3,(H2,18,19,21). The molecule has 21 heavy (non-hydrogen) atoms. The fourth-order valence-electron chi connectivity index (χ4n) is 2.55. The Balaban J connectivity index is 2.63. The lowest BCUT2D eigenvalue weighted by molar-refractivity contribution is 0.129. The Labute approximate surface area is 128 Å². The van der Waals surface area contributed by atoms with Gasteiger partial charge < -0.3 is 15.7 Å². The molecule has 3 N–H and O–H groups in total. The summed E-state index contributed by atoms with van der Waals surface area (Å²) in [6.07, 6.45) is 1.16. The quantitative estimate of drug-likeness (QED) is 0.751. The van der Waals surface area contributed by atoms with E-state index in [2.05, 4.69) is 17.6 Å². The number of rotatable bonds is 6. The second-order valence-electron chi connectivity index (χ2n) is 6.49. The minimum atomic E-state index is -0.368. The third-order valence-corrected chi connectivity index (χ3v) is 3.55. The van der Waals surface area contributed by atoms with Crippen molar-refractivity contribution in [2.24, 2.45) is 5.41 Å². The molecule has 2 amide bonds. The van der Waals surface area contributed by atoms with E-state index >= 15 is 0 Å². The number of urea groups is 1. The van der Waals surface area contributed by atoms with E-state index in [1.165, 1.54) is 0 Å². The van der Waals surface area contributed by atoms with Crippen molar-refractivity contribution < 1.29 is 9.90 Å². The van der Waals surface area contributed by atoms with Gasteiger partial charge in [-0.05, 0) is 43.2 Å². The molecule has 0 fully saturated rings. The Hall–Kier alpha value is -1.55. The predicted octanol–water partition coefficient (Wildman–Crippen LogP) is 3.48. The van der Waals surface area contributed by atoms with E-state index in [9.17, 15) is 9.90 Å². The molecule has 1 unspecified atom stereocenters. The van der Waals surface area contributed by atoms with Gasteiger partial charge >= 0.3 is 6.03 Å². The number of nitrogens with one attached hydrogen (secondary N) is 2. The van der Waals surface area contributed by atoms with E-state index in [1.807, 2.05) is 39.0 Å². The molecule has 1 atom stereocenters. The first-order valence-corrected chi connectivity index (χ1v) is 7.56. The zero-order valence-electron chi connectivity index (χ0n) is 13.8. The number of carbonyl (C=O) groups excluding carboxylic acids is 1. The Morgan fingerprint density at radius 2 is 2.05 bits per heavy atom.